The van der Waals surface area contributed by atoms with E-state index in [0.29, 0.717) is 36.3 Å². The molecular formula is C30H31BrN4O4. The number of halogens is 1. The normalized spacial score (nSPS) is 11.8. The summed E-state index contributed by atoms with van der Waals surface area (Å²) < 4.78 is 0.879. The van der Waals surface area contributed by atoms with Crippen LogP contribution in [0.4, 0.5) is 11.4 Å². The number of carbonyl (C=O) groups excluding carboxylic acids is 1. The topological polar surface area (TPSA) is 109 Å². The maximum absolute atomic E-state index is 12.6. The van der Waals surface area contributed by atoms with Crippen molar-refractivity contribution >= 4 is 55.8 Å². The number of rotatable bonds is 10. The average molecular weight is 592 g/mol. The molecule has 0 aliphatic carbocycles. The molecule has 202 valence electrons. The minimum atomic E-state index is -0.843. The summed E-state index contributed by atoms with van der Waals surface area (Å²) in [5.41, 5.74) is 4.98. The number of carbonyl (C=O) groups is 2. The molecule has 0 fully saturated rings. The van der Waals surface area contributed by atoms with Gasteiger partial charge in [-0.05, 0) is 62.5 Å². The Kier molecular flexibility index (Phi) is 8.83. The first-order chi connectivity index (χ1) is 18.6. The van der Waals surface area contributed by atoms with Gasteiger partial charge in [0.2, 0.25) is 5.91 Å². The summed E-state index contributed by atoms with van der Waals surface area (Å²) >= 11 is 3.48. The number of carboxylic acid groups (broad SMARTS) is 1. The third-order valence-electron chi connectivity index (χ3n) is 6.46. The van der Waals surface area contributed by atoms with Crippen molar-refractivity contribution in [2.24, 2.45) is 4.99 Å². The van der Waals surface area contributed by atoms with Crippen LogP contribution in [0.15, 0.2) is 76.2 Å². The number of H-pyrrole nitrogens is 1. The molecule has 1 amide bonds. The Morgan fingerprint density at radius 1 is 0.949 bits per heavy atom. The van der Waals surface area contributed by atoms with Crippen LogP contribution in [0.25, 0.3) is 10.9 Å². The molecule has 0 spiro atoms. The minimum Gasteiger partial charge on any atom is -0.494 e. The number of aliphatic carboxylic acids is 1. The number of hydrogen-bond acceptors (Lipinski definition) is 5. The Hall–Kier alpha value is -3.95. The number of carboxylic acids is 1. The monoisotopic (exact) mass is 590 g/mol. The van der Waals surface area contributed by atoms with Gasteiger partial charge in [0, 0.05) is 47.5 Å². The SMILES string of the molecule is CN(C)CCC(=O)N(C)c1ccc(N=C(c2ccc(CCC(=O)O)cc2)c2c(O)[nH]c3cc(Br)ccc23)cc1. The van der Waals surface area contributed by atoms with Crippen molar-refractivity contribution < 1.29 is 19.8 Å². The molecular weight excluding hydrogens is 560 g/mol. The van der Waals surface area contributed by atoms with Gasteiger partial charge in [0.15, 0.2) is 5.88 Å². The lowest BCUT2D eigenvalue weighted by Gasteiger charge is -2.19. The molecule has 0 saturated heterocycles. The number of fused-ring (bicyclic) bond motifs is 1. The second-order valence-electron chi connectivity index (χ2n) is 9.61. The van der Waals surface area contributed by atoms with Gasteiger partial charge >= 0.3 is 5.97 Å². The molecule has 1 heterocycles. The summed E-state index contributed by atoms with van der Waals surface area (Å²) in [5.74, 6) is -0.817. The number of amides is 1. The predicted octanol–water partition coefficient (Wildman–Crippen LogP) is 5.74. The standard InChI is InChI=1S/C30H31BrN4O4/c1-34(2)17-16-26(36)35(3)23-12-10-22(11-13-23)32-29(20-7-4-19(5-8-20)6-15-27(37)38)28-24-14-9-21(31)18-25(24)33-30(28)39/h4-5,7-14,18,33,39H,6,15-17H2,1-3H3,(H,37,38). The van der Waals surface area contributed by atoms with Gasteiger partial charge in [0.05, 0.1) is 22.5 Å². The van der Waals surface area contributed by atoms with Gasteiger partial charge < -0.3 is 25.0 Å². The molecule has 4 rings (SSSR count). The highest BCUT2D eigenvalue weighted by atomic mass is 79.9. The number of aromatic amines is 1. The van der Waals surface area contributed by atoms with E-state index in [1.54, 1.807) is 11.9 Å². The summed E-state index contributed by atoms with van der Waals surface area (Å²) in [4.78, 5) is 35.1. The van der Waals surface area contributed by atoms with Gasteiger partial charge in [-0.2, -0.15) is 0 Å². The molecule has 0 saturated carbocycles. The van der Waals surface area contributed by atoms with E-state index >= 15 is 0 Å². The first-order valence-corrected chi connectivity index (χ1v) is 13.3. The number of nitrogens with one attached hydrogen (secondary N) is 1. The fourth-order valence-electron chi connectivity index (χ4n) is 4.25. The van der Waals surface area contributed by atoms with E-state index in [1.807, 2.05) is 85.7 Å². The predicted molar refractivity (Wildman–Crippen MR) is 158 cm³/mol. The van der Waals surface area contributed by atoms with Crippen molar-refractivity contribution in [1.82, 2.24) is 9.88 Å². The second-order valence-corrected chi connectivity index (χ2v) is 10.5. The minimum absolute atomic E-state index is 0.000328. The zero-order valence-corrected chi connectivity index (χ0v) is 23.7. The highest BCUT2D eigenvalue weighted by Gasteiger charge is 2.19. The third-order valence-corrected chi connectivity index (χ3v) is 6.95. The van der Waals surface area contributed by atoms with Crippen molar-refractivity contribution in [1.29, 1.82) is 0 Å². The van der Waals surface area contributed by atoms with E-state index < -0.39 is 5.97 Å². The first kappa shape index (κ1) is 28.1. The van der Waals surface area contributed by atoms with Crippen molar-refractivity contribution in [3.8, 4) is 5.88 Å². The van der Waals surface area contributed by atoms with Crippen molar-refractivity contribution in [2.75, 3.05) is 32.6 Å². The largest absolute Gasteiger partial charge is 0.494 e. The number of aliphatic imine (C=N–C) groups is 1. The maximum atomic E-state index is 12.6. The Morgan fingerprint density at radius 2 is 1.64 bits per heavy atom. The van der Waals surface area contributed by atoms with Gasteiger partial charge in [0.1, 0.15) is 0 Å². The van der Waals surface area contributed by atoms with Crippen LogP contribution < -0.4 is 4.90 Å². The molecule has 0 aliphatic heterocycles. The van der Waals surface area contributed by atoms with Crippen LogP contribution in [-0.4, -0.2) is 65.4 Å². The van der Waals surface area contributed by atoms with Gasteiger partial charge in [-0.25, -0.2) is 4.99 Å². The molecule has 0 atom stereocenters. The third kappa shape index (κ3) is 6.93. The molecule has 3 N–H and O–H groups in total. The number of hydrogen-bond donors (Lipinski definition) is 3. The molecule has 3 aromatic carbocycles. The van der Waals surface area contributed by atoms with Crippen LogP contribution in [-0.2, 0) is 16.0 Å². The lowest BCUT2D eigenvalue weighted by Crippen LogP contribution is -2.29. The number of aromatic hydroxyl groups is 1. The summed E-state index contributed by atoms with van der Waals surface area (Å²) in [7, 11) is 5.63. The number of anilines is 1. The summed E-state index contributed by atoms with van der Waals surface area (Å²) in [6.45, 7) is 0.675. The van der Waals surface area contributed by atoms with E-state index in [2.05, 4.69) is 20.9 Å². The Labute approximate surface area is 235 Å². The fourth-order valence-corrected chi connectivity index (χ4v) is 4.61. The zero-order chi connectivity index (χ0) is 28.1. The van der Waals surface area contributed by atoms with Gasteiger partial charge in [-0.15, -0.1) is 0 Å². The molecule has 0 unspecified atom stereocenters. The molecule has 0 bridgehead atoms. The highest BCUT2D eigenvalue weighted by molar-refractivity contribution is 9.10. The number of aryl methyl sites for hydroxylation is 1. The van der Waals surface area contributed by atoms with Crippen molar-refractivity contribution in [2.45, 2.75) is 19.3 Å². The lowest BCUT2D eigenvalue weighted by molar-refractivity contribution is -0.137. The highest BCUT2D eigenvalue weighted by Crippen LogP contribution is 2.33. The van der Waals surface area contributed by atoms with Gasteiger partial charge in [-0.1, -0.05) is 46.3 Å². The second kappa shape index (κ2) is 12.3. The molecule has 8 nitrogen and oxygen atoms in total. The van der Waals surface area contributed by atoms with Crippen LogP contribution in [0.5, 0.6) is 5.88 Å². The zero-order valence-electron chi connectivity index (χ0n) is 22.1. The van der Waals surface area contributed by atoms with Crippen LogP contribution in [0.2, 0.25) is 0 Å². The molecule has 9 heteroatoms. The van der Waals surface area contributed by atoms with Crippen LogP contribution in [0, 0.1) is 0 Å². The molecule has 1 aromatic heterocycles. The van der Waals surface area contributed by atoms with Crippen molar-refractivity contribution in [3.63, 3.8) is 0 Å². The molecule has 0 radical (unpaired) electrons. The lowest BCUT2D eigenvalue weighted by atomic mass is 9.98. The summed E-state index contributed by atoms with van der Waals surface area (Å²) in [6.07, 6.45) is 0.902. The quantitative estimate of drug-likeness (QED) is 0.204. The van der Waals surface area contributed by atoms with Crippen LogP contribution in [0.1, 0.15) is 29.5 Å². The Morgan fingerprint density at radius 3 is 2.28 bits per heavy atom. The van der Waals surface area contributed by atoms with E-state index in [9.17, 15) is 14.7 Å². The summed E-state index contributed by atoms with van der Waals surface area (Å²) in [6, 6.07) is 20.6. The van der Waals surface area contributed by atoms with Crippen LogP contribution in [0.3, 0.4) is 0 Å². The van der Waals surface area contributed by atoms with E-state index in [0.717, 1.165) is 32.2 Å². The first-order valence-electron chi connectivity index (χ1n) is 12.5. The molecule has 0 aliphatic rings. The van der Waals surface area contributed by atoms with Crippen LogP contribution >= 0.6 is 15.9 Å². The number of nitrogens with zero attached hydrogens (tertiary/aromatic N) is 3. The Bertz CT molecular complexity index is 1510. The number of aromatic nitrogens is 1. The average Bonchev–Trinajstić information content (AvgIpc) is 3.23. The number of benzene rings is 3. The van der Waals surface area contributed by atoms with Gasteiger partial charge in [0.25, 0.3) is 0 Å². The molecule has 4 aromatic rings. The smallest absolute Gasteiger partial charge is 0.303 e. The van der Waals surface area contributed by atoms with E-state index in [4.69, 9.17) is 10.1 Å². The fraction of sp³-hybridized carbons (Fsp3) is 0.233. The van der Waals surface area contributed by atoms with Crippen molar-refractivity contribution in [3.05, 3.63) is 87.9 Å². The van der Waals surface area contributed by atoms with E-state index in [1.165, 1.54) is 0 Å². The van der Waals surface area contributed by atoms with Gasteiger partial charge in [-0.3, -0.25) is 9.59 Å². The summed E-state index contributed by atoms with van der Waals surface area (Å²) in [5, 5.41) is 20.8. The maximum Gasteiger partial charge on any atom is 0.303 e. The van der Waals surface area contributed by atoms with E-state index in [-0.39, 0.29) is 18.2 Å². The molecule has 39 heavy (non-hydrogen) atoms. The Balaban J connectivity index is 1.72.